The Kier molecular flexibility index (Phi) is 4.15. The highest BCUT2D eigenvalue weighted by Crippen LogP contribution is 2.11. The van der Waals surface area contributed by atoms with Crippen LogP contribution in [0.2, 0.25) is 0 Å². The molecule has 1 heterocycles. The number of amides is 1. The third-order valence-electron chi connectivity index (χ3n) is 2.12. The highest BCUT2D eigenvalue weighted by atomic mass is 16.6. The maximum Gasteiger partial charge on any atom is 0.408 e. The maximum atomic E-state index is 11.5. The van der Waals surface area contributed by atoms with Crippen LogP contribution in [0.15, 0.2) is 4.99 Å². The largest absolute Gasteiger partial charge is 0.483 e. The highest BCUT2D eigenvalue weighted by molar-refractivity contribution is 5.86. The van der Waals surface area contributed by atoms with E-state index < -0.39 is 11.7 Å². The molecule has 0 bridgehead atoms. The van der Waals surface area contributed by atoms with Crippen LogP contribution in [-0.2, 0) is 9.47 Å². The van der Waals surface area contributed by atoms with Crippen molar-refractivity contribution >= 4 is 12.0 Å². The Bertz CT molecular complexity index is 281. The molecular weight excluding hydrogens is 208 g/mol. The van der Waals surface area contributed by atoms with Gasteiger partial charge >= 0.3 is 6.09 Å². The van der Waals surface area contributed by atoms with Gasteiger partial charge in [-0.05, 0) is 33.6 Å². The molecule has 0 saturated heterocycles. The van der Waals surface area contributed by atoms with Crippen LogP contribution in [0.1, 0.15) is 33.6 Å². The number of alkyl carbamates (subject to hydrolysis) is 1. The van der Waals surface area contributed by atoms with Crippen molar-refractivity contribution in [2.24, 2.45) is 4.99 Å². The maximum absolute atomic E-state index is 11.5. The first-order valence-corrected chi connectivity index (χ1v) is 5.50. The molecule has 1 amide bonds. The summed E-state index contributed by atoms with van der Waals surface area (Å²) in [5, 5.41) is 2.76. The second-order valence-electron chi connectivity index (χ2n) is 4.77. The van der Waals surface area contributed by atoms with E-state index in [0.717, 1.165) is 19.4 Å². The molecule has 5 heteroatoms. The lowest BCUT2D eigenvalue weighted by Gasteiger charge is -2.25. The third-order valence-corrected chi connectivity index (χ3v) is 2.12. The molecule has 1 rings (SSSR count). The van der Waals surface area contributed by atoms with Crippen LogP contribution < -0.4 is 5.32 Å². The Morgan fingerprint density at radius 1 is 1.50 bits per heavy atom. The van der Waals surface area contributed by atoms with Gasteiger partial charge in [0, 0.05) is 6.54 Å². The van der Waals surface area contributed by atoms with Gasteiger partial charge in [-0.25, -0.2) is 4.79 Å². The molecule has 16 heavy (non-hydrogen) atoms. The summed E-state index contributed by atoms with van der Waals surface area (Å²) >= 11 is 0. The lowest BCUT2D eigenvalue weighted by Crippen LogP contribution is -2.45. The number of aliphatic imine (C=N–C) groups is 1. The van der Waals surface area contributed by atoms with E-state index in [1.165, 1.54) is 0 Å². The van der Waals surface area contributed by atoms with Gasteiger partial charge < -0.3 is 14.8 Å². The van der Waals surface area contributed by atoms with Gasteiger partial charge in [0.1, 0.15) is 11.6 Å². The zero-order valence-corrected chi connectivity index (χ0v) is 10.4. The number of ether oxygens (including phenoxy) is 2. The van der Waals surface area contributed by atoms with Gasteiger partial charge in [-0.15, -0.1) is 0 Å². The number of hydrogen-bond donors (Lipinski definition) is 1. The molecule has 92 valence electrons. The molecule has 0 aromatic heterocycles. The predicted molar refractivity (Wildman–Crippen MR) is 61.7 cm³/mol. The first kappa shape index (κ1) is 12.8. The van der Waals surface area contributed by atoms with E-state index in [-0.39, 0.29) is 6.04 Å². The summed E-state index contributed by atoms with van der Waals surface area (Å²) < 4.78 is 10.3. The predicted octanol–water partition coefficient (Wildman–Crippen LogP) is 1.72. The fraction of sp³-hybridized carbons (Fsp3) is 0.818. The quantitative estimate of drug-likeness (QED) is 0.743. The van der Waals surface area contributed by atoms with Crippen LogP contribution in [0.5, 0.6) is 0 Å². The summed E-state index contributed by atoms with van der Waals surface area (Å²) in [6.45, 7) is 6.26. The number of hydrogen-bond acceptors (Lipinski definition) is 4. The number of carbonyl (C=O) groups is 1. The Morgan fingerprint density at radius 3 is 2.75 bits per heavy atom. The van der Waals surface area contributed by atoms with Crippen molar-refractivity contribution in [3.8, 4) is 0 Å². The Balaban J connectivity index is 2.50. The van der Waals surface area contributed by atoms with Gasteiger partial charge in [-0.3, -0.25) is 4.99 Å². The van der Waals surface area contributed by atoms with E-state index in [2.05, 4.69) is 10.3 Å². The number of rotatable bonds is 1. The van der Waals surface area contributed by atoms with E-state index in [0.29, 0.717) is 5.90 Å². The van der Waals surface area contributed by atoms with Crippen LogP contribution in [0.3, 0.4) is 0 Å². The minimum absolute atomic E-state index is 0.159. The molecule has 0 fully saturated rings. The monoisotopic (exact) mass is 228 g/mol. The standard InChI is InChI=1S/C11H20N2O3/c1-11(2,3)16-10(14)13-8-6-5-7-12-9(8)15-4/h8H,5-7H2,1-4H3,(H,13,14)/t8-/m0/s1. The molecule has 0 spiro atoms. The molecule has 0 aromatic carbocycles. The van der Waals surface area contributed by atoms with Crippen molar-refractivity contribution in [1.29, 1.82) is 0 Å². The molecule has 0 radical (unpaired) electrons. The fourth-order valence-corrected chi connectivity index (χ4v) is 1.51. The van der Waals surface area contributed by atoms with Crippen molar-refractivity contribution in [3.63, 3.8) is 0 Å². The lowest BCUT2D eigenvalue weighted by molar-refractivity contribution is 0.0510. The molecule has 0 aromatic rings. The molecule has 0 aliphatic carbocycles. The van der Waals surface area contributed by atoms with Gasteiger partial charge in [0.2, 0.25) is 5.90 Å². The van der Waals surface area contributed by atoms with Crippen molar-refractivity contribution < 1.29 is 14.3 Å². The zero-order valence-electron chi connectivity index (χ0n) is 10.4. The molecular formula is C11H20N2O3. The Labute approximate surface area is 96.2 Å². The molecule has 1 atom stereocenters. The van der Waals surface area contributed by atoms with Gasteiger partial charge in [-0.2, -0.15) is 0 Å². The molecule has 5 nitrogen and oxygen atoms in total. The summed E-state index contributed by atoms with van der Waals surface area (Å²) in [5.41, 5.74) is -0.483. The first-order chi connectivity index (χ1) is 7.42. The minimum Gasteiger partial charge on any atom is -0.483 e. The van der Waals surface area contributed by atoms with E-state index in [9.17, 15) is 4.79 Å². The van der Waals surface area contributed by atoms with Crippen molar-refractivity contribution in [2.45, 2.75) is 45.3 Å². The number of nitrogens with zero attached hydrogens (tertiary/aromatic N) is 1. The van der Waals surface area contributed by atoms with Crippen LogP contribution in [0, 0.1) is 0 Å². The summed E-state index contributed by atoms with van der Waals surface area (Å²) in [4.78, 5) is 15.7. The first-order valence-electron chi connectivity index (χ1n) is 5.50. The Morgan fingerprint density at radius 2 is 2.19 bits per heavy atom. The third kappa shape index (κ3) is 4.08. The normalized spacial score (nSPS) is 21.0. The number of carbonyl (C=O) groups excluding carboxylic acids is 1. The average molecular weight is 228 g/mol. The van der Waals surface area contributed by atoms with E-state index in [1.807, 2.05) is 20.8 Å². The van der Waals surface area contributed by atoms with Gasteiger partial charge in [-0.1, -0.05) is 0 Å². The smallest absolute Gasteiger partial charge is 0.408 e. The number of nitrogens with one attached hydrogen (secondary N) is 1. The van der Waals surface area contributed by atoms with Crippen LogP contribution in [0.4, 0.5) is 4.79 Å². The van der Waals surface area contributed by atoms with Crippen LogP contribution in [-0.4, -0.2) is 37.3 Å². The SMILES string of the molecule is COC1=NCCC[C@@H]1NC(=O)OC(C)(C)C. The van der Waals surface area contributed by atoms with Gasteiger partial charge in [0.25, 0.3) is 0 Å². The Hall–Kier alpha value is -1.26. The van der Waals surface area contributed by atoms with E-state index in [4.69, 9.17) is 9.47 Å². The second kappa shape index (κ2) is 5.18. The molecule has 0 saturated carbocycles. The average Bonchev–Trinajstić information content (AvgIpc) is 2.15. The van der Waals surface area contributed by atoms with Gasteiger partial charge in [0.15, 0.2) is 0 Å². The molecule has 1 aliphatic rings. The number of methoxy groups -OCH3 is 1. The zero-order chi connectivity index (χ0) is 12.2. The lowest BCUT2D eigenvalue weighted by atomic mass is 10.1. The van der Waals surface area contributed by atoms with Crippen molar-refractivity contribution in [2.75, 3.05) is 13.7 Å². The highest BCUT2D eigenvalue weighted by Gasteiger charge is 2.24. The van der Waals surface area contributed by atoms with Crippen LogP contribution >= 0.6 is 0 Å². The topological polar surface area (TPSA) is 59.9 Å². The van der Waals surface area contributed by atoms with Crippen molar-refractivity contribution in [1.82, 2.24) is 5.32 Å². The minimum atomic E-state index is -0.483. The summed E-state index contributed by atoms with van der Waals surface area (Å²) in [6, 6.07) is -0.159. The van der Waals surface area contributed by atoms with Crippen molar-refractivity contribution in [3.05, 3.63) is 0 Å². The second-order valence-corrected chi connectivity index (χ2v) is 4.77. The van der Waals surface area contributed by atoms with Crippen LogP contribution in [0.25, 0.3) is 0 Å². The summed E-state index contributed by atoms with van der Waals surface area (Å²) in [7, 11) is 1.56. The summed E-state index contributed by atoms with van der Waals surface area (Å²) in [6.07, 6.45) is 1.36. The summed E-state index contributed by atoms with van der Waals surface area (Å²) in [5.74, 6) is 0.581. The molecule has 1 aliphatic heterocycles. The fourth-order valence-electron chi connectivity index (χ4n) is 1.51. The van der Waals surface area contributed by atoms with E-state index in [1.54, 1.807) is 7.11 Å². The molecule has 1 N–H and O–H groups in total. The van der Waals surface area contributed by atoms with E-state index >= 15 is 0 Å². The van der Waals surface area contributed by atoms with Gasteiger partial charge in [0.05, 0.1) is 7.11 Å². The molecule has 0 unspecified atom stereocenters.